The van der Waals surface area contributed by atoms with Crippen molar-refractivity contribution in [1.82, 2.24) is 9.88 Å². The second kappa shape index (κ2) is 13.7. The zero-order valence-corrected chi connectivity index (χ0v) is 26.4. The molecule has 0 radical (unpaired) electrons. The summed E-state index contributed by atoms with van der Waals surface area (Å²) in [6, 6.07) is 11.2. The number of rotatable bonds is 9. The molecule has 2 aliphatic carbocycles. The van der Waals surface area contributed by atoms with E-state index in [2.05, 4.69) is 10.3 Å². The number of carbonyl (C=O) groups excluding carboxylic acids is 2. The number of methoxy groups -OCH3 is 1. The zero-order chi connectivity index (χ0) is 29.8. The molecule has 0 unspecified atom stereocenters. The molecule has 2 heterocycles. The van der Waals surface area contributed by atoms with Gasteiger partial charge in [0.05, 0.1) is 42.4 Å². The highest BCUT2D eigenvalue weighted by Crippen LogP contribution is 2.42. The van der Waals surface area contributed by atoms with Gasteiger partial charge in [0.15, 0.2) is 5.13 Å². The Morgan fingerprint density at radius 2 is 1.74 bits per heavy atom. The third kappa shape index (κ3) is 7.19. The molecule has 3 aromatic rings. The predicted molar refractivity (Wildman–Crippen MR) is 169 cm³/mol. The molecule has 3 aliphatic rings. The minimum Gasteiger partial charge on any atom is -0.496 e. The summed E-state index contributed by atoms with van der Waals surface area (Å²) in [5, 5.41) is 3.44. The van der Waals surface area contributed by atoms with Gasteiger partial charge in [0.1, 0.15) is 11.5 Å². The lowest BCUT2D eigenvalue weighted by Crippen LogP contribution is -2.40. The average Bonchev–Trinajstić information content (AvgIpc) is 3.45. The van der Waals surface area contributed by atoms with E-state index in [1.807, 2.05) is 43.3 Å². The van der Waals surface area contributed by atoms with E-state index >= 15 is 0 Å². The van der Waals surface area contributed by atoms with Crippen LogP contribution in [0.15, 0.2) is 51.7 Å². The van der Waals surface area contributed by atoms with Gasteiger partial charge in [-0.25, -0.2) is 4.98 Å². The SMILES string of the molecule is COc1cc(C)c(Sc2cnc(NC(=O)c3ccc(OC4CCC(C5CCC5)CC4)cc3)s2)cc1C(=O)N1CCOCC1. The summed E-state index contributed by atoms with van der Waals surface area (Å²) in [5.74, 6) is 2.96. The lowest BCUT2D eigenvalue weighted by atomic mass is 9.70. The number of thiazole rings is 1. The van der Waals surface area contributed by atoms with Crippen molar-refractivity contribution in [2.75, 3.05) is 38.7 Å². The third-order valence-electron chi connectivity index (χ3n) is 8.90. The Kier molecular flexibility index (Phi) is 9.55. The van der Waals surface area contributed by atoms with Gasteiger partial charge < -0.3 is 19.1 Å². The summed E-state index contributed by atoms with van der Waals surface area (Å²) < 4.78 is 18.1. The molecular weight excluding hydrogens is 583 g/mol. The summed E-state index contributed by atoms with van der Waals surface area (Å²) >= 11 is 2.92. The number of anilines is 1. The minimum absolute atomic E-state index is 0.0630. The van der Waals surface area contributed by atoms with Crippen LogP contribution in [0.2, 0.25) is 0 Å². The lowest BCUT2D eigenvalue weighted by Gasteiger charge is -2.38. The number of carbonyl (C=O) groups is 2. The first kappa shape index (κ1) is 30.0. The van der Waals surface area contributed by atoms with Gasteiger partial charge in [-0.2, -0.15) is 0 Å². The molecule has 228 valence electrons. The van der Waals surface area contributed by atoms with Gasteiger partial charge in [0.25, 0.3) is 11.8 Å². The number of aromatic nitrogens is 1. The van der Waals surface area contributed by atoms with E-state index in [0.29, 0.717) is 48.3 Å². The molecule has 3 fully saturated rings. The highest BCUT2D eigenvalue weighted by molar-refractivity contribution is 8.01. The molecule has 0 atom stereocenters. The molecule has 6 rings (SSSR count). The predicted octanol–water partition coefficient (Wildman–Crippen LogP) is 7.07. The van der Waals surface area contributed by atoms with Gasteiger partial charge in [0, 0.05) is 23.5 Å². The zero-order valence-electron chi connectivity index (χ0n) is 24.8. The van der Waals surface area contributed by atoms with Crippen LogP contribution < -0.4 is 14.8 Å². The Hall–Kier alpha value is -3.08. The fourth-order valence-corrected chi connectivity index (χ4v) is 8.09. The van der Waals surface area contributed by atoms with Crippen molar-refractivity contribution < 1.29 is 23.8 Å². The fourth-order valence-electron chi connectivity index (χ4n) is 6.15. The molecule has 1 saturated heterocycles. The molecule has 2 saturated carbocycles. The number of morpholine rings is 1. The molecule has 2 aromatic carbocycles. The summed E-state index contributed by atoms with van der Waals surface area (Å²) in [6.07, 6.45) is 11.0. The maximum absolute atomic E-state index is 13.2. The van der Waals surface area contributed by atoms with Crippen LogP contribution in [0.1, 0.15) is 71.2 Å². The quantitative estimate of drug-likeness (QED) is 0.273. The van der Waals surface area contributed by atoms with E-state index in [4.69, 9.17) is 14.2 Å². The van der Waals surface area contributed by atoms with Crippen LogP contribution in [0.25, 0.3) is 0 Å². The number of benzene rings is 2. The average molecular weight is 622 g/mol. The first-order valence-corrected chi connectivity index (χ1v) is 16.9. The van der Waals surface area contributed by atoms with Gasteiger partial charge in [-0.05, 0) is 86.4 Å². The lowest BCUT2D eigenvalue weighted by molar-refractivity contribution is 0.0300. The Morgan fingerprint density at radius 1 is 1.02 bits per heavy atom. The summed E-state index contributed by atoms with van der Waals surface area (Å²) in [7, 11) is 1.58. The van der Waals surface area contributed by atoms with E-state index in [-0.39, 0.29) is 17.9 Å². The summed E-state index contributed by atoms with van der Waals surface area (Å²) in [6.45, 7) is 4.19. The highest BCUT2D eigenvalue weighted by atomic mass is 32.2. The number of ether oxygens (including phenoxy) is 3. The molecule has 10 heteroatoms. The van der Waals surface area contributed by atoms with Crippen molar-refractivity contribution >= 4 is 40.0 Å². The topological polar surface area (TPSA) is 90.0 Å². The van der Waals surface area contributed by atoms with Crippen molar-refractivity contribution in [2.24, 2.45) is 11.8 Å². The number of amides is 2. The van der Waals surface area contributed by atoms with Crippen LogP contribution in [-0.2, 0) is 4.74 Å². The van der Waals surface area contributed by atoms with Gasteiger partial charge in [-0.1, -0.05) is 42.4 Å². The summed E-state index contributed by atoms with van der Waals surface area (Å²) in [5.41, 5.74) is 2.08. The van der Waals surface area contributed by atoms with Crippen molar-refractivity contribution in [3.05, 3.63) is 59.3 Å². The molecular formula is C33H39N3O5S2. The van der Waals surface area contributed by atoms with E-state index in [0.717, 1.165) is 45.1 Å². The largest absolute Gasteiger partial charge is 0.496 e. The molecule has 8 nitrogen and oxygen atoms in total. The molecule has 43 heavy (non-hydrogen) atoms. The number of hydrogen-bond acceptors (Lipinski definition) is 8. The summed E-state index contributed by atoms with van der Waals surface area (Å²) in [4.78, 5) is 33.3. The fraction of sp³-hybridized carbons (Fsp3) is 0.485. The molecule has 0 bridgehead atoms. The van der Waals surface area contributed by atoms with Crippen LogP contribution >= 0.6 is 23.1 Å². The van der Waals surface area contributed by atoms with Crippen LogP contribution in [0.4, 0.5) is 5.13 Å². The highest BCUT2D eigenvalue weighted by Gasteiger charge is 2.31. The van der Waals surface area contributed by atoms with Crippen molar-refractivity contribution in [1.29, 1.82) is 0 Å². The molecule has 1 aromatic heterocycles. The number of nitrogens with one attached hydrogen (secondary N) is 1. The van der Waals surface area contributed by atoms with Crippen molar-refractivity contribution in [2.45, 2.75) is 67.1 Å². The van der Waals surface area contributed by atoms with Crippen LogP contribution in [0, 0.1) is 18.8 Å². The number of nitrogens with zero attached hydrogens (tertiary/aromatic N) is 2. The maximum Gasteiger partial charge on any atom is 0.257 e. The molecule has 1 N–H and O–H groups in total. The second-order valence-corrected chi connectivity index (χ2v) is 14.0. The van der Waals surface area contributed by atoms with E-state index in [9.17, 15) is 9.59 Å². The van der Waals surface area contributed by atoms with Crippen molar-refractivity contribution in [3.63, 3.8) is 0 Å². The first-order chi connectivity index (χ1) is 21.0. The Balaban J connectivity index is 1.04. The van der Waals surface area contributed by atoms with Crippen molar-refractivity contribution in [3.8, 4) is 11.5 Å². The third-order valence-corrected chi connectivity index (χ3v) is 11.1. The van der Waals surface area contributed by atoms with Crippen LogP contribution in [-0.4, -0.2) is 61.2 Å². The van der Waals surface area contributed by atoms with Crippen LogP contribution in [0.5, 0.6) is 11.5 Å². The second-order valence-electron chi connectivity index (χ2n) is 11.6. The van der Waals surface area contributed by atoms with Gasteiger partial charge in [-0.3, -0.25) is 14.9 Å². The Morgan fingerprint density at radius 3 is 2.42 bits per heavy atom. The van der Waals surface area contributed by atoms with E-state index in [1.165, 1.54) is 55.2 Å². The maximum atomic E-state index is 13.2. The Bertz CT molecular complexity index is 1420. The van der Waals surface area contributed by atoms with Gasteiger partial charge in [-0.15, -0.1) is 0 Å². The van der Waals surface area contributed by atoms with E-state index < -0.39 is 0 Å². The van der Waals surface area contributed by atoms with Gasteiger partial charge >= 0.3 is 0 Å². The minimum atomic E-state index is -0.211. The standard InChI is InChI=1S/C33H39N3O5S2/c1-21-18-28(39-2)27(32(38)36-14-16-40-17-15-36)19-29(21)42-30-20-34-33(43-30)35-31(37)24-8-12-26(13-9-24)41-25-10-6-23(7-11-25)22-4-3-5-22/h8-9,12-13,18-20,22-23,25H,3-7,10-11,14-17H2,1-2H3,(H,34,35,37). The first-order valence-electron chi connectivity index (χ1n) is 15.2. The molecule has 1 aliphatic heterocycles. The van der Waals surface area contributed by atoms with Gasteiger partial charge in [0.2, 0.25) is 0 Å². The number of hydrogen-bond donors (Lipinski definition) is 1. The number of aryl methyl sites for hydroxylation is 1. The molecule has 0 spiro atoms. The van der Waals surface area contributed by atoms with E-state index in [1.54, 1.807) is 18.2 Å². The Labute approximate surface area is 261 Å². The smallest absolute Gasteiger partial charge is 0.257 e. The monoisotopic (exact) mass is 621 g/mol. The normalized spacial score (nSPS) is 20.7. The molecule has 2 amide bonds. The van der Waals surface area contributed by atoms with Crippen LogP contribution in [0.3, 0.4) is 0 Å².